The number of benzene rings is 1. The van der Waals surface area contributed by atoms with Crippen molar-refractivity contribution in [1.29, 1.82) is 0 Å². The fourth-order valence-electron chi connectivity index (χ4n) is 8.58. The molecule has 4 fully saturated rings. The van der Waals surface area contributed by atoms with E-state index in [1.807, 2.05) is 43.5 Å². The monoisotopic (exact) mass is 661 g/mol. The van der Waals surface area contributed by atoms with Crippen LogP contribution in [0.2, 0.25) is 0 Å². The highest BCUT2D eigenvalue weighted by Gasteiger charge is 2.70. The van der Waals surface area contributed by atoms with Crippen molar-refractivity contribution in [3.05, 3.63) is 82.7 Å². The number of carbonyl (C=O) groups excluding carboxylic acids is 3. The molecular formula is C33H36BrN5O5. The summed E-state index contributed by atoms with van der Waals surface area (Å²) in [6, 6.07) is 7.94. The van der Waals surface area contributed by atoms with Gasteiger partial charge in [0.1, 0.15) is 16.4 Å². The first kappa shape index (κ1) is 28.2. The second-order valence-electron chi connectivity index (χ2n) is 13.4. The summed E-state index contributed by atoms with van der Waals surface area (Å²) in [6.45, 7) is 2.39. The van der Waals surface area contributed by atoms with Crippen molar-refractivity contribution < 1.29 is 24.2 Å². The SMILES string of the molecule is CN1C[C@@](Br)(C(=O)NC2(C)OC3(O)[C@@H]4CCCN4C(=O)C(Cc4ccccc4)N3C2=O)CC2=C3C=CC=C4NC=C(C[C@H]21)C43. The van der Waals surface area contributed by atoms with E-state index in [0.717, 1.165) is 17.7 Å². The van der Waals surface area contributed by atoms with Gasteiger partial charge in [0.05, 0.1) is 0 Å². The van der Waals surface area contributed by atoms with Gasteiger partial charge in [0.2, 0.25) is 17.5 Å². The standard InChI is InChI=1S/C33H36BrN5O5/c1-31(30(42)39-25(14-19-8-4-3-5-9-19)28(40)38-13-7-12-26(38)33(39,43)44-31)36-29(41)32(34)16-22-21-10-6-11-23-27(21)20(17-35-23)15-24(22)37(2)18-32/h3-6,8-11,17,24-27,35,43H,7,12-16,18H2,1-2H3,(H,36,41)/t24-,25?,26+,27?,31?,32-,33?/m1/s1. The Balaban J connectivity index is 1.10. The number of halogens is 1. The van der Waals surface area contributed by atoms with E-state index < -0.39 is 39.9 Å². The number of allylic oxidation sites excluding steroid dienone is 4. The molecule has 2 aliphatic carbocycles. The number of piperazine rings is 1. The number of alkyl halides is 1. The van der Waals surface area contributed by atoms with Crippen LogP contribution in [0.5, 0.6) is 0 Å². The number of hydrogen-bond acceptors (Lipinski definition) is 7. The van der Waals surface area contributed by atoms with Crippen molar-refractivity contribution in [3.63, 3.8) is 0 Å². The van der Waals surface area contributed by atoms with E-state index in [-0.39, 0.29) is 24.3 Å². The molecule has 8 rings (SSSR count). The van der Waals surface area contributed by atoms with E-state index in [2.05, 4.69) is 49.8 Å². The van der Waals surface area contributed by atoms with Gasteiger partial charge in [-0.25, -0.2) is 0 Å². The van der Waals surface area contributed by atoms with Crippen LogP contribution in [0.25, 0.3) is 0 Å². The minimum Gasteiger partial charge on any atom is -0.364 e. The Morgan fingerprint density at radius 2 is 2.05 bits per heavy atom. The summed E-state index contributed by atoms with van der Waals surface area (Å²) in [7, 11) is 2.02. The molecule has 4 saturated heterocycles. The molecule has 5 heterocycles. The number of amides is 3. The minimum atomic E-state index is -2.06. The topological polar surface area (TPSA) is 114 Å². The minimum absolute atomic E-state index is 0.169. The Bertz CT molecular complexity index is 1610. The lowest BCUT2D eigenvalue weighted by Crippen LogP contribution is -2.71. The molecule has 230 valence electrons. The lowest BCUT2D eigenvalue weighted by Gasteiger charge is -2.48. The second kappa shape index (κ2) is 9.62. The predicted octanol–water partition coefficient (Wildman–Crippen LogP) is 2.03. The molecule has 0 saturated carbocycles. The number of hydrogen-bond donors (Lipinski definition) is 3. The zero-order valence-corrected chi connectivity index (χ0v) is 26.3. The van der Waals surface area contributed by atoms with Gasteiger partial charge in [-0.15, -0.1) is 0 Å². The van der Waals surface area contributed by atoms with Crippen LogP contribution in [-0.4, -0.2) is 91.8 Å². The first-order valence-electron chi connectivity index (χ1n) is 15.4. The average molecular weight is 663 g/mol. The van der Waals surface area contributed by atoms with E-state index in [9.17, 15) is 19.5 Å². The molecule has 1 aromatic carbocycles. The summed E-state index contributed by atoms with van der Waals surface area (Å²) in [6.07, 6.45) is 11.2. The Labute approximate surface area is 264 Å². The molecule has 5 aliphatic heterocycles. The largest absolute Gasteiger partial charge is 0.364 e. The van der Waals surface area contributed by atoms with Crippen molar-refractivity contribution in [3.8, 4) is 0 Å². The van der Waals surface area contributed by atoms with Gasteiger partial charge in [0.15, 0.2) is 0 Å². The van der Waals surface area contributed by atoms with Crippen LogP contribution >= 0.6 is 15.9 Å². The first-order chi connectivity index (χ1) is 21.0. The lowest BCUT2D eigenvalue weighted by molar-refractivity contribution is -0.315. The van der Waals surface area contributed by atoms with Gasteiger partial charge >= 0.3 is 0 Å². The highest BCUT2D eigenvalue weighted by Crippen LogP contribution is 2.51. The quantitative estimate of drug-likeness (QED) is 0.423. The van der Waals surface area contributed by atoms with E-state index in [1.54, 1.807) is 4.90 Å². The summed E-state index contributed by atoms with van der Waals surface area (Å²) < 4.78 is 5.23. The summed E-state index contributed by atoms with van der Waals surface area (Å²) in [5, 5.41) is 18.4. The van der Waals surface area contributed by atoms with Crippen LogP contribution in [0.4, 0.5) is 0 Å². The third kappa shape index (κ3) is 3.92. The maximum atomic E-state index is 14.3. The molecule has 4 unspecified atom stereocenters. The number of nitrogens with zero attached hydrogens (tertiary/aromatic N) is 3. The second-order valence-corrected chi connectivity index (χ2v) is 14.9. The molecular weight excluding hydrogens is 626 g/mol. The van der Waals surface area contributed by atoms with Crippen molar-refractivity contribution in [2.75, 3.05) is 20.1 Å². The van der Waals surface area contributed by atoms with Gasteiger partial charge < -0.3 is 20.6 Å². The Kier molecular flexibility index (Phi) is 6.18. The Hall–Kier alpha value is -3.25. The van der Waals surface area contributed by atoms with Crippen LogP contribution in [0.1, 0.15) is 38.2 Å². The molecule has 44 heavy (non-hydrogen) atoms. The average Bonchev–Trinajstić information content (AvgIpc) is 3.70. The molecule has 10 nitrogen and oxygen atoms in total. The first-order valence-corrected chi connectivity index (χ1v) is 16.2. The molecule has 7 aliphatic rings. The van der Waals surface area contributed by atoms with E-state index >= 15 is 0 Å². The van der Waals surface area contributed by atoms with Gasteiger partial charge in [-0.3, -0.25) is 28.9 Å². The van der Waals surface area contributed by atoms with Crippen LogP contribution in [0.15, 0.2) is 77.2 Å². The number of likely N-dealkylation sites (N-methyl/N-ethyl adjacent to an activating group) is 1. The molecule has 7 atom stereocenters. The van der Waals surface area contributed by atoms with E-state index in [1.165, 1.54) is 28.5 Å². The fraction of sp³-hybridized carbons (Fsp3) is 0.485. The molecule has 3 amide bonds. The highest BCUT2D eigenvalue weighted by molar-refractivity contribution is 9.10. The summed E-state index contributed by atoms with van der Waals surface area (Å²) >= 11 is 3.82. The smallest absolute Gasteiger partial charge is 0.280 e. The third-order valence-corrected chi connectivity index (χ3v) is 11.5. The maximum Gasteiger partial charge on any atom is 0.280 e. The zero-order chi connectivity index (χ0) is 30.6. The predicted molar refractivity (Wildman–Crippen MR) is 164 cm³/mol. The molecule has 11 heteroatoms. The number of nitrogens with one attached hydrogen (secondary N) is 2. The van der Waals surface area contributed by atoms with Gasteiger partial charge in [-0.2, -0.15) is 0 Å². The zero-order valence-electron chi connectivity index (χ0n) is 24.8. The van der Waals surface area contributed by atoms with Crippen molar-refractivity contribution in [2.45, 2.75) is 73.1 Å². The van der Waals surface area contributed by atoms with Gasteiger partial charge in [0, 0.05) is 43.4 Å². The number of aliphatic hydroxyl groups is 1. The lowest BCUT2D eigenvalue weighted by atomic mass is 9.70. The number of carbonyl (C=O) groups is 3. The number of likely N-dealkylation sites (tertiary alicyclic amines) is 1. The Morgan fingerprint density at radius 1 is 1.25 bits per heavy atom. The fourth-order valence-corrected chi connectivity index (χ4v) is 9.38. The molecule has 1 aromatic rings. The normalized spacial score (nSPS) is 38.9. The molecule has 0 spiro atoms. The van der Waals surface area contributed by atoms with E-state index in [4.69, 9.17) is 4.74 Å². The summed E-state index contributed by atoms with van der Waals surface area (Å²) in [5.74, 6) is -3.10. The van der Waals surface area contributed by atoms with Crippen LogP contribution in [0, 0.1) is 5.92 Å². The van der Waals surface area contributed by atoms with Crippen LogP contribution in [-0.2, 0) is 25.5 Å². The van der Waals surface area contributed by atoms with Crippen molar-refractivity contribution in [1.82, 2.24) is 25.3 Å². The number of rotatable bonds is 4. The van der Waals surface area contributed by atoms with E-state index in [0.29, 0.717) is 32.4 Å². The highest BCUT2D eigenvalue weighted by atomic mass is 79.9. The molecule has 0 aromatic heterocycles. The van der Waals surface area contributed by atoms with Gasteiger partial charge in [-0.1, -0.05) is 58.4 Å². The number of fused-ring (bicyclic) bond motifs is 4. The summed E-state index contributed by atoms with van der Waals surface area (Å²) in [5.41, 5.74) is 3.92. The van der Waals surface area contributed by atoms with Crippen LogP contribution in [0.3, 0.4) is 0 Å². The molecule has 0 bridgehead atoms. The number of piperidine rings is 1. The van der Waals surface area contributed by atoms with Gasteiger partial charge in [0.25, 0.3) is 11.8 Å². The van der Waals surface area contributed by atoms with Crippen LogP contribution < -0.4 is 10.6 Å². The van der Waals surface area contributed by atoms with Crippen molar-refractivity contribution in [2.24, 2.45) is 5.92 Å². The molecule has 0 radical (unpaired) electrons. The molecule has 3 N–H and O–H groups in total. The van der Waals surface area contributed by atoms with Gasteiger partial charge in [-0.05, 0) is 68.0 Å². The Morgan fingerprint density at radius 3 is 2.84 bits per heavy atom. The maximum absolute atomic E-state index is 14.3. The van der Waals surface area contributed by atoms with Crippen molar-refractivity contribution >= 4 is 33.7 Å². The third-order valence-electron chi connectivity index (χ3n) is 10.6. The summed E-state index contributed by atoms with van der Waals surface area (Å²) in [4.78, 5) is 47.3. The number of ether oxygens (including phenoxy) is 1.